The van der Waals surface area contributed by atoms with Gasteiger partial charge in [-0.3, -0.25) is 4.90 Å². The molecule has 164 valence electrons. The summed E-state index contributed by atoms with van der Waals surface area (Å²) in [6.45, 7) is 8.09. The van der Waals surface area contributed by atoms with Crippen LogP contribution in [0.15, 0.2) is 29.6 Å². The Morgan fingerprint density at radius 3 is 2.65 bits per heavy atom. The van der Waals surface area contributed by atoms with Crippen molar-refractivity contribution in [1.82, 2.24) is 24.8 Å². The summed E-state index contributed by atoms with van der Waals surface area (Å²) in [6.07, 6.45) is 4.35. The molecular weight excluding hydrogens is 430 g/mol. The fourth-order valence-electron chi connectivity index (χ4n) is 3.54. The zero-order valence-corrected chi connectivity index (χ0v) is 19.4. The summed E-state index contributed by atoms with van der Waals surface area (Å²) in [5, 5.41) is 1.56. The Hall–Kier alpha value is -2.43. The summed E-state index contributed by atoms with van der Waals surface area (Å²) < 4.78 is 5.90. The molecule has 1 fully saturated rings. The highest BCUT2D eigenvalue weighted by Crippen LogP contribution is 2.39. The van der Waals surface area contributed by atoms with Crippen LogP contribution in [0.2, 0.25) is 0 Å². The molecule has 1 atom stereocenters. The molecule has 8 nitrogen and oxygen atoms in total. The fraction of sp³-hybridized carbons (Fsp3) is 0.429. The van der Waals surface area contributed by atoms with Crippen LogP contribution in [0.5, 0.6) is 5.88 Å². The average Bonchev–Trinajstić information content (AvgIpc) is 3.37. The molecule has 3 aromatic heterocycles. The van der Waals surface area contributed by atoms with E-state index < -0.39 is 0 Å². The maximum absolute atomic E-state index is 5.90. The van der Waals surface area contributed by atoms with Crippen molar-refractivity contribution in [3.8, 4) is 16.5 Å². The molecule has 0 bridgehead atoms. The van der Waals surface area contributed by atoms with Gasteiger partial charge in [0.1, 0.15) is 23.3 Å². The summed E-state index contributed by atoms with van der Waals surface area (Å²) in [7, 11) is 0. The van der Waals surface area contributed by atoms with Crippen molar-refractivity contribution < 1.29 is 4.74 Å². The first-order valence-electron chi connectivity index (χ1n) is 10.3. The fourth-order valence-corrected chi connectivity index (χ4v) is 5.60. The third-order valence-electron chi connectivity index (χ3n) is 5.08. The molecule has 4 N–H and O–H groups in total. The van der Waals surface area contributed by atoms with Crippen LogP contribution in [0.25, 0.3) is 10.6 Å². The molecule has 0 saturated carbocycles. The molecule has 0 aromatic carbocycles. The van der Waals surface area contributed by atoms with Gasteiger partial charge in [-0.1, -0.05) is 11.8 Å². The first-order valence-corrected chi connectivity index (χ1v) is 12.0. The number of anilines is 2. The lowest BCUT2D eigenvalue weighted by Gasteiger charge is -2.14. The number of thioether (sulfide) groups is 1. The minimum atomic E-state index is 0.0595. The molecule has 1 aliphatic heterocycles. The maximum atomic E-state index is 5.90. The number of aryl methyl sites for hydroxylation is 1. The molecule has 3 aromatic rings. The summed E-state index contributed by atoms with van der Waals surface area (Å²) in [5.74, 6) is 1.37. The number of pyridine rings is 1. The third kappa shape index (κ3) is 5.63. The first-order chi connectivity index (χ1) is 15.0. The highest BCUT2D eigenvalue weighted by atomic mass is 32.2. The molecule has 0 radical (unpaired) electrons. The van der Waals surface area contributed by atoms with Gasteiger partial charge < -0.3 is 16.2 Å². The first kappa shape index (κ1) is 21.8. The molecule has 0 unspecified atom stereocenters. The van der Waals surface area contributed by atoms with Gasteiger partial charge in [0, 0.05) is 35.3 Å². The van der Waals surface area contributed by atoms with Gasteiger partial charge in [-0.2, -0.15) is 0 Å². The predicted molar refractivity (Wildman–Crippen MR) is 126 cm³/mol. The van der Waals surface area contributed by atoms with Gasteiger partial charge in [0.25, 0.3) is 0 Å². The van der Waals surface area contributed by atoms with E-state index >= 15 is 0 Å². The van der Waals surface area contributed by atoms with Gasteiger partial charge in [-0.05, 0) is 45.8 Å². The molecule has 0 amide bonds. The van der Waals surface area contributed by atoms with E-state index in [0.717, 1.165) is 27.7 Å². The topological polar surface area (TPSA) is 116 Å². The van der Waals surface area contributed by atoms with Crippen molar-refractivity contribution in [3.63, 3.8) is 0 Å². The van der Waals surface area contributed by atoms with Gasteiger partial charge in [0.2, 0.25) is 5.88 Å². The molecular formula is C21H27N7OS2. The van der Waals surface area contributed by atoms with Crippen LogP contribution in [0.1, 0.15) is 35.6 Å². The summed E-state index contributed by atoms with van der Waals surface area (Å²) in [6, 6.07) is 5.48. The second-order valence-electron chi connectivity index (χ2n) is 7.50. The normalized spacial score (nSPS) is 15.3. The van der Waals surface area contributed by atoms with E-state index in [2.05, 4.69) is 33.7 Å². The lowest BCUT2D eigenvalue weighted by atomic mass is 10.2. The van der Waals surface area contributed by atoms with Crippen molar-refractivity contribution in [2.24, 2.45) is 0 Å². The van der Waals surface area contributed by atoms with Crippen molar-refractivity contribution in [2.75, 3.05) is 37.7 Å². The lowest BCUT2D eigenvalue weighted by Crippen LogP contribution is -2.25. The largest absolute Gasteiger partial charge is 0.476 e. The Balaban J connectivity index is 1.43. The number of ether oxygens (including phenoxy) is 1. The number of nitrogens with zero attached hydrogens (tertiary/aromatic N) is 5. The number of hydrogen-bond donors (Lipinski definition) is 2. The third-order valence-corrected chi connectivity index (χ3v) is 7.09. The summed E-state index contributed by atoms with van der Waals surface area (Å²) in [4.78, 5) is 21.4. The van der Waals surface area contributed by atoms with Crippen molar-refractivity contribution in [2.45, 2.75) is 37.1 Å². The number of likely N-dealkylation sites (tertiary alicyclic amines) is 1. The van der Waals surface area contributed by atoms with E-state index in [9.17, 15) is 0 Å². The van der Waals surface area contributed by atoms with E-state index in [-0.39, 0.29) is 5.25 Å². The molecule has 0 aliphatic carbocycles. The number of rotatable bonds is 8. The van der Waals surface area contributed by atoms with E-state index in [0.29, 0.717) is 29.3 Å². The second kappa shape index (κ2) is 9.80. The SMILES string of the molecule is Cc1sc(-c2ccnc(OCCN3CCCC3)c2)nc1[C@@H](C)Sc1nc(N)cc(N)n1. The van der Waals surface area contributed by atoms with Crippen LogP contribution in [0.4, 0.5) is 11.6 Å². The zero-order chi connectivity index (χ0) is 21.8. The molecule has 1 saturated heterocycles. The van der Waals surface area contributed by atoms with Crippen molar-refractivity contribution >= 4 is 34.7 Å². The predicted octanol–water partition coefficient (Wildman–Crippen LogP) is 3.80. The number of thiazole rings is 1. The maximum Gasteiger partial charge on any atom is 0.213 e. The van der Waals surface area contributed by atoms with E-state index in [1.165, 1.54) is 37.7 Å². The quantitative estimate of drug-likeness (QED) is 0.385. The summed E-state index contributed by atoms with van der Waals surface area (Å²) >= 11 is 3.15. The van der Waals surface area contributed by atoms with Gasteiger partial charge >= 0.3 is 0 Å². The van der Waals surface area contributed by atoms with Gasteiger partial charge in [-0.15, -0.1) is 11.3 Å². The minimum Gasteiger partial charge on any atom is -0.476 e. The monoisotopic (exact) mass is 457 g/mol. The Bertz CT molecular complexity index is 1020. The highest BCUT2D eigenvalue weighted by Gasteiger charge is 2.19. The molecule has 4 rings (SSSR count). The van der Waals surface area contributed by atoms with Crippen molar-refractivity contribution in [3.05, 3.63) is 35.0 Å². The highest BCUT2D eigenvalue weighted by molar-refractivity contribution is 7.99. The minimum absolute atomic E-state index is 0.0595. The second-order valence-corrected chi connectivity index (χ2v) is 10.0. The number of nitrogen functional groups attached to an aromatic ring is 2. The molecule has 1 aliphatic rings. The standard InChI is InChI=1S/C21H27N7OS2/c1-13-19(14(2)31-21-25-16(22)12-17(23)26-21)27-20(30-13)15-5-6-24-18(11-15)29-10-9-28-7-3-4-8-28/h5-6,11-12,14H,3-4,7-10H2,1-2H3,(H4,22,23,25,26)/t14-/m1/s1. The zero-order valence-electron chi connectivity index (χ0n) is 17.7. The van der Waals surface area contributed by atoms with E-state index in [1.54, 1.807) is 23.6 Å². The molecule has 4 heterocycles. The van der Waals surface area contributed by atoms with Crippen LogP contribution < -0.4 is 16.2 Å². The van der Waals surface area contributed by atoms with Gasteiger partial charge in [-0.25, -0.2) is 19.9 Å². The van der Waals surface area contributed by atoms with Crippen LogP contribution in [0, 0.1) is 6.92 Å². The Kier molecular flexibility index (Phi) is 6.89. The number of aromatic nitrogens is 4. The van der Waals surface area contributed by atoms with E-state index in [1.807, 2.05) is 12.1 Å². The lowest BCUT2D eigenvalue weighted by molar-refractivity contribution is 0.232. The number of hydrogen-bond acceptors (Lipinski definition) is 10. The van der Waals surface area contributed by atoms with Gasteiger partial charge in [0.15, 0.2) is 5.16 Å². The van der Waals surface area contributed by atoms with E-state index in [4.69, 9.17) is 21.2 Å². The van der Waals surface area contributed by atoms with Crippen LogP contribution in [-0.4, -0.2) is 51.1 Å². The Morgan fingerprint density at radius 2 is 1.90 bits per heavy atom. The summed E-state index contributed by atoms with van der Waals surface area (Å²) in [5.41, 5.74) is 13.6. The van der Waals surface area contributed by atoms with Crippen LogP contribution in [-0.2, 0) is 0 Å². The molecule has 0 spiro atoms. The Labute approximate surface area is 190 Å². The van der Waals surface area contributed by atoms with Gasteiger partial charge in [0.05, 0.1) is 10.9 Å². The number of nitrogens with two attached hydrogens (primary N) is 2. The smallest absolute Gasteiger partial charge is 0.213 e. The van der Waals surface area contributed by atoms with Crippen LogP contribution in [0.3, 0.4) is 0 Å². The van der Waals surface area contributed by atoms with Crippen molar-refractivity contribution in [1.29, 1.82) is 0 Å². The molecule has 31 heavy (non-hydrogen) atoms. The Morgan fingerprint density at radius 1 is 1.16 bits per heavy atom. The van der Waals surface area contributed by atoms with Crippen LogP contribution >= 0.6 is 23.1 Å². The average molecular weight is 458 g/mol. The molecule has 10 heteroatoms.